The summed E-state index contributed by atoms with van der Waals surface area (Å²) in [7, 11) is 0. The van der Waals surface area contributed by atoms with E-state index in [0.717, 1.165) is 32.4 Å². The first kappa shape index (κ1) is 17.5. The summed E-state index contributed by atoms with van der Waals surface area (Å²) in [6.07, 6.45) is 6.18. The van der Waals surface area contributed by atoms with Crippen molar-refractivity contribution >= 4 is 5.91 Å². The van der Waals surface area contributed by atoms with Gasteiger partial charge in [-0.3, -0.25) is 9.59 Å². The molecule has 128 valence electrons. The van der Waals surface area contributed by atoms with Crippen LogP contribution in [0.3, 0.4) is 0 Å². The van der Waals surface area contributed by atoms with Gasteiger partial charge in [0, 0.05) is 31.9 Å². The van der Waals surface area contributed by atoms with Crippen molar-refractivity contribution < 1.29 is 9.53 Å². The lowest BCUT2D eigenvalue weighted by atomic mass is 10.1. The van der Waals surface area contributed by atoms with Crippen LogP contribution in [0, 0.1) is 0 Å². The fourth-order valence-electron chi connectivity index (χ4n) is 2.70. The normalized spacial score (nSPS) is 16.2. The minimum Gasteiger partial charge on any atom is -0.487 e. The summed E-state index contributed by atoms with van der Waals surface area (Å²) in [4.78, 5) is 26.2. The second kappa shape index (κ2) is 8.72. The van der Waals surface area contributed by atoms with Crippen LogP contribution in [0.1, 0.15) is 39.0 Å². The molecule has 0 aliphatic carbocycles. The van der Waals surface area contributed by atoms with Crippen LogP contribution in [-0.4, -0.2) is 41.1 Å². The van der Waals surface area contributed by atoms with Gasteiger partial charge in [0.05, 0.1) is 13.0 Å². The number of aromatic nitrogens is 1. The van der Waals surface area contributed by atoms with Gasteiger partial charge in [-0.25, -0.2) is 0 Å². The number of ether oxygens (including phenoxy) is 1. The Morgan fingerprint density at radius 1 is 1.35 bits per heavy atom. The fourth-order valence-corrected chi connectivity index (χ4v) is 2.70. The summed E-state index contributed by atoms with van der Waals surface area (Å²) in [5.74, 6) is 0.385. The van der Waals surface area contributed by atoms with Crippen LogP contribution < -0.4 is 16.0 Å². The second-order valence-electron chi connectivity index (χ2n) is 6.04. The Morgan fingerprint density at radius 2 is 2.09 bits per heavy atom. The molecule has 6 heteroatoms. The number of likely N-dealkylation sites (tertiary alicyclic amines) is 1. The van der Waals surface area contributed by atoms with E-state index < -0.39 is 0 Å². The number of rotatable bonds is 7. The highest BCUT2D eigenvalue weighted by molar-refractivity contribution is 5.76. The van der Waals surface area contributed by atoms with Crippen molar-refractivity contribution in [1.82, 2.24) is 9.47 Å². The molecule has 0 saturated carbocycles. The largest absolute Gasteiger partial charge is 0.487 e. The molecule has 23 heavy (non-hydrogen) atoms. The molecule has 1 aromatic heterocycles. The van der Waals surface area contributed by atoms with E-state index in [0.29, 0.717) is 13.0 Å². The van der Waals surface area contributed by atoms with Crippen molar-refractivity contribution in [2.24, 2.45) is 5.73 Å². The Kier molecular flexibility index (Phi) is 6.65. The SMILES string of the molecule is CCC(N)Cn1cccc(OCCC(=O)N2CCCCC2)c1=O. The van der Waals surface area contributed by atoms with Crippen LogP contribution in [0.5, 0.6) is 5.75 Å². The highest BCUT2D eigenvalue weighted by atomic mass is 16.5. The van der Waals surface area contributed by atoms with Crippen LogP contribution in [0.2, 0.25) is 0 Å². The zero-order chi connectivity index (χ0) is 16.7. The third kappa shape index (κ3) is 5.10. The first-order valence-corrected chi connectivity index (χ1v) is 8.47. The van der Waals surface area contributed by atoms with E-state index in [4.69, 9.17) is 10.5 Å². The van der Waals surface area contributed by atoms with Crippen molar-refractivity contribution in [3.05, 3.63) is 28.7 Å². The molecule has 0 bridgehead atoms. The third-order valence-corrected chi connectivity index (χ3v) is 4.22. The maximum atomic E-state index is 12.3. The van der Waals surface area contributed by atoms with Gasteiger partial charge in [0.2, 0.25) is 5.91 Å². The van der Waals surface area contributed by atoms with E-state index >= 15 is 0 Å². The Morgan fingerprint density at radius 3 is 2.78 bits per heavy atom. The summed E-state index contributed by atoms with van der Waals surface area (Å²) >= 11 is 0. The topological polar surface area (TPSA) is 77.6 Å². The molecule has 0 spiro atoms. The van der Waals surface area contributed by atoms with E-state index in [2.05, 4.69) is 0 Å². The standard InChI is InChI=1S/C17H27N3O3/c1-2-14(18)13-20-11-6-7-15(17(20)22)23-12-8-16(21)19-9-4-3-5-10-19/h6-7,11,14H,2-5,8-10,12-13,18H2,1H3. The predicted molar refractivity (Wildman–Crippen MR) is 89.5 cm³/mol. The Bertz CT molecular complexity index is 564. The molecule has 1 amide bonds. The first-order valence-electron chi connectivity index (χ1n) is 8.47. The second-order valence-corrected chi connectivity index (χ2v) is 6.04. The zero-order valence-corrected chi connectivity index (χ0v) is 13.9. The van der Waals surface area contributed by atoms with Gasteiger partial charge in [-0.05, 0) is 37.8 Å². The molecule has 1 saturated heterocycles. The van der Waals surface area contributed by atoms with Crippen molar-refractivity contribution in [2.45, 2.75) is 51.6 Å². The highest BCUT2D eigenvalue weighted by Crippen LogP contribution is 2.10. The lowest BCUT2D eigenvalue weighted by Gasteiger charge is -2.26. The summed E-state index contributed by atoms with van der Waals surface area (Å²) < 4.78 is 7.10. The average Bonchev–Trinajstić information content (AvgIpc) is 2.58. The summed E-state index contributed by atoms with van der Waals surface area (Å²) in [6.45, 7) is 4.37. The summed E-state index contributed by atoms with van der Waals surface area (Å²) in [6, 6.07) is 3.36. The van der Waals surface area contributed by atoms with E-state index in [1.807, 2.05) is 11.8 Å². The van der Waals surface area contributed by atoms with E-state index in [9.17, 15) is 9.59 Å². The van der Waals surface area contributed by atoms with Crippen molar-refractivity contribution in [3.8, 4) is 5.75 Å². The van der Waals surface area contributed by atoms with Gasteiger partial charge in [-0.2, -0.15) is 0 Å². The number of carbonyl (C=O) groups is 1. The minimum absolute atomic E-state index is 0.0522. The van der Waals surface area contributed by atoms with Gasteiger partial charge in [0.1, 0.15) is 0 Å². The first-order chi connectivity index (χ1) is 11.1. The molecular formula is C17H27N3O3. The number of pyridine rings is 1. The Labute approximate surface area is 137 Å². The lowest BCUT2D eigenvalue weighted by Crippen LogP contribution is -2.36. The zero-order valence-electron chi connectivity index (χ0n) is 13.9. The van der Waals surface area contributed by atoms with Crippen molar-refractivity contribution in [1.29, 1.82) is 0 Å². The summed E-state index contributed by atoms with van der Waals surface area (Å²) in [5, 5.41) is 0. The van der Waals surface area contributed by atoms with Gasteiger partial charge < -0.3 is 19.9 Å². The third-order valence-electron chi connectivity index (χ3n) is 4.22. The number of amides is 1. The van der Waals surface area contributed by atoms with E-state index in [-0.39, 0.29) is 29.9 Å². The van der Waals surface area contributed by atoms with Crippen LogP contribution in [0.4, 0.5) is 0 Å². The average molecular weight is 321 g/mol. The molecule has 1 fully saturated rings. The number of piperidine rings is 1. The Hall–Kier alpha value is -1.82. The molecule has 6 nitrogen and oxygen atoms in total. The number of nitrogens with two attached hydrogens (primary N) is 1. The maximum Gasteiger partial charge on any atom is 0.292 e. The molecular weight excluding hydrogens is 294 g/mol. The predicted octanol–water partition coefficient (Wildman–Crippen LogP) is 1.37. The smallest absolute Gasteiger partial charge is 0.292 e. The maximum absolute atomic E-state index is 12.3. The van der Waals surface area contributed by atoms with Gasteiger partial charge >= 0.3 is 0 Å². The molecule has 1 aromatic rings. The van der Waals surface area contributed by atoms with Crippen LogP contribution in [0.25, 0.3) is 0 Å². The lowest BCUT2D eigenvalue weighted by molar-refractivity contribution is -0.132. The van der Waals surface area contributed by atoms with Crippen molar-refractivity contribution in [3.63, 3.8) is 0 Å². The number of hydrogen-bond donors (Lipinski definition) is 1. The molecule has 2 N–H and O–H groups in total. The number of nitrogens with zero attached hydrogens (tertiary/aromatic N) is 2. The molecule has 1 unspecified atom stereocenters. The van der Waals surface area contributed by atoms with Crippen LogP contribution in [-0.2, 0) is 11.3 Å². The monoisotopic (exact) mass is 321 g/mol. The number of hydrogen-bond acceptors (Lipinski definition) is 4. The van der Waals surface area contributed by atoms with Gasteiger partial charge in [0.25, 0.3) is 5.56 Å². The molecule has 1 atom stereocenters. The van der Waals surface area contributed by atoms with Gasteiger partial charge in [-0.1, -0.05) is 6.92 Å². The quantitative estimate of drug-likeness (QED) is 0.823. The summed E-state index contributed by atoms with van der Waals surface area (Å²) in [5.41, 5.74) is 5.70. The van der Waals surface area contributed by atoms with Crippen LogP contribution in [0.15, 0.2) is 23.1 Å². The molecule has 1 aliphatic heterocycles. The molecule has 2 rings (SSSR count). The fraction of sp³-hybridized carbons (Fsp3) is 0.647. The Balaban J connectivity index is 1.86. The number of carbonyl (C=O) groups excluding carboxylic acids is 1. The van der Waals surface area contributed by atoms with Crippen LogP contribution >= 0.6 is 0 Å². The highest BCUT2D eigenvalue weighted by Gasteiger charge is 2.16. The van der Waals surface area contributed by atoms with Gasteiger partial charge in [0.15, 0.2) is 5.75 Å². The minimum atomic E-state index is -0.193. The molecule has 0 radical (unpaired) electrons. The molecule has 1 aliphatic rings. The van der Waals surface area contributed by atoms with E-state index in [1.54, 1.807) is 22.9 Å². The molecule has 0 aromatic carbocycles. The van der Waals surface area contributed by atoms with Gasteiger partial charge in [-0.15, -0.1) is 0 Å². The van der Waals surface area contributed by atoms with E-state index in [1.165, 1.54) is 6.42 Å². The van der Waals surface area contributed by atoms with Crippen molar-refractivity contribution in [2.75, 3.05) is 19.7 Å². The molecule has 2 heterocycles.